The van der Waals surface area contributed by atoms with Gasteiger partial charge in [0.2, 0.25) is 0 Å². The lowest BCUT2D eigenvalue weighted by atomic mass is 10.1. The van der Waals surface area contributed by atoms with E-state index in [4.69, 9.17) is 11.6 Å². The SMILES string of the molecule is Cc1nnc(Cl)cc1-n1ccc2ccc(C(F)(F)F)cc21. The van der Waals surface area contributed by atoms with E-state index in [1.165, 1.54) is 6.07 Å². The molecule has 3 aromatic rings. The molecule has 0 amide bonds. The van der Waals surface area contributed by atoms with Crippen LogP contribution in [0, 0.1) is 6.92 Å². The maximum atomic E-state index is 12.8. The van der Waals surface area contributed by atoms with Crippen molar-refractivity contribution in [3.05, 3.63) is 52.9 Å². The molecule has 2 heterocycles. The average Bonchev–Trinajstić information content (AvgIpc) is 2.83. The van der Waals surface area contributed by atoms with Gasteiger partial charge in [-0.25, -0.2) is 0 Å². The number of hydrogen-bond donors (Lipinski definition) is 0. The van der Waals surface area contributed by atoms with E-state index in [-0.39, 0.29) is 5.15 Å². The monoisotopic (exact) mass is 311 g/mol. The van der Waals surface area contributed by atoms with Crippen LogP contribution in [0.4, 0.5) is 13.2 Å². The zero-order valence-corrected chi connectivity index (χ0v) is 11.6. The Labute approximate surface area is 123 Å². The summed E-state index contributed by atoms with van der Waals surface area (Å²) in [4.78, 5) is 0. The molecule has 0 atom stereocenters. The van der Waals surface area contributed by atoms with Crippen molar-refractivity contribution in [2.45, 2.75) is 13.1 Å². The molecule has 0 spiro atoms. The van der Waals surface area contributed by atoms with Crippen LogP contribution in [0.3, 0.4) is 0 Å². The summed E-state index contributed by atoms with van der Waals surface area (Å²) in [5.74, 6) is 0. The number of benzene rings is 1. The molecule has 108 valence electrons. The van der Waals surface area contributed by atoms with E-state index < -0.39 is 11.7 Å². The Hall–Kier alpha value is -2.08. The molecule has 0 saturated carbocycles. The van der Waals surface area contributed by atoms with Gasteiger partial charge in [-0.2, -0.15) is 18.3 Å². The van der Waals surface area contributed by atoms with Crippen LogP contribution in [-0.4, -0.2) is 14.8 Å². The van der Waals surface area contributed by atoms with Crippen LogP contribution < -0.4 is 0 Å². The normalized spacial score (nSPS) is 12.0. The molecule has 7 heteroatoms. The number of halogens is 4. The van der Waals surface area contributed by atoms with Crippen molar-refractivity contribution < 1.29 is 13.2 Å². The Kier molecular flexibility index (Phi) is 3.13. The Morgan fingerprint density at radius 1 is 1.10 bits per heavy atom. The van der Waals surface area contributed by atoms with Crippen LogP contribution >= 0.6 is 11.6 Å². The molecular formula is C14H9ClF3N3. The van der Waals surface area contributed by atoms with E-state index in [2.05, 4.69) is 10.2 Å². The second kappa shape index (κ2) is 4.73. The number of fused-ring (bicyclic) bond motifs is 1. The standard InChI is InChI=1S/C14H9ClF3N3/c1-8-11(7-13(15)20-19-8)21-5-4-9-2-3-10(6-12(9)21)14(16,17)18/h2-7H,1H3. The van der Waals surface area contributed by atoms with Crippen LogP contribution in [0.1, 0.15) is 11.3 Å². The average molecular weight is 312 g/mol. The molecule has 0 fully saturated rings. The molecule has 0 saturated heterocycles. The lowest BCUT2D eigenvalue weighted by Gasteiger charge is -2.10. The lowest BCUT2D eigenvalue weighted by Crippen LogP contribution is -2.05. The Morgan fingerprint density at radius 2 is 1.86 bits per heavy atom. The molecular weight excluding hydrogens is 303 g/mol. The summed E-state index contributed by atoms with van der Waals surface area (Å²) >= 11 is 5.82. The van der Waals surface area contributed by atoms with E-state index in [0.29, 0.717) is 22.3 Å². The topological polar surface area (TPSA) is 30.7 Å². The van der Waals surface area contributed by atoms with Crippen LogP contribution in [0.15, 0.2) is 36.5 Å². The summed E-state index contributed by atoms with van der Waals surface area (Å²) in [7, 11) is 0. The van der Waals surface area contributed by atoms with Gasteiger partial charge in [-0.05, 0) is 30.5 Å². The summed E-state index contributed by atoms with van der Waals surface area (Å²) in [5, 5.41) is 8.48. The number of nitrogens with zero attached hydrogens (tertiary/aromatic N) is 3. The van der Waals surface area contributed by atoms with Crippen LogP contribution in [0.25, 0.3) is 16.6 Å². The third-order valence-electron chi connectivity index (χ3n) is 3.20. The van der Waals surface area contributed by atoms with E-state index in [1.54, 1.807) is 29.8 Å². The molecule has 0 aliphatic heterocycles. The highest BCUT2D eigenvalue weighted by atomic mass is 35.5. The van der Waals surface area contributed by atoms with Gasteiger partial charge in [0.25, 0.3) is 0 Å². The minimum absolute atomic E-state index is 0.185. The summed E-state index contributed by atoms with van der Waals surface area (Å²) in [6.45, 7) is 1.72. The van der Waals surface area contributed by atoms with Gasteiger partial charge < -0.3 is 4.57 Å². The van der Waals surface area contributed by atoms with Crippen molar-refractivity contribution in [1.82, 2.24) is 14.8 Å². The number of alkyl halides is 3. The number of hydrogen-bond acceptors (Lipinski definition) is 2. The van der Waals surface area contributed by atoms with E-state index in [9.17, 15) is 13.2 Å². The van der Waals surface area contributed by atoms with Crippen molar-refractivity contribution in [2.75, 3.05) is 0 Å². The van der Waals surface area contributed by atoms with Gasteiger partial charge in [0, 0.05) is 12.3 Å². The van der Waals surface area contributed by atoms with Crippen molar-refractivity contribution >= 4 is 22.5 Å². The molecule has 2 aromatic heterocycles. The number of aryl methyl sites for hydroxylation is 1. The fourth-order valence-corrected chi connectivity index (χ4v) is 2.32. The van der Waals surface area contributed by atoms with Gasteiger partial charge >= 0.3 is 6.18 Å². The maximum Gasteiger partial charge on any atom is 0.416 e. The zero-order valence-electron chi connectivity index (χ0n) is 10.8. The van der Waals surface area contributed by atoms with Gasteiger partial charge in [0.1, 0.15) is 0 Å². The second-order valence-corrected chi connectivity index (χ2v) is 4.98. The first-order valence-electron chi connectivity index (χ1n) is 6.05. The number of rotatable bonds is 1. The van der Waals surface area contributed by atoms with E-state index >= 15 is 0 Å². The highest BCUT2D eigenvalue weighted by Crippen LogP contribution is 2.32. The lowest BCUT2D eigenvalue weighted by molar-refractivity contribution is -0.137. The molecule has 3 rings (SSSR count). The van der Waals surface area contributed by atoms with Gasteiger partial charge in [0.15, 0.2) is 5.15 Å². The first kappa shape index (κ1) is 13.9. The van der Waals surface area contributed by atoms with E-state index in [0.717, 1.165) is 12.1 Å². The van der Waals surface area contributed by atoms with Crippen molar-refractivity contribution in [1.29, 1.82) is 0 Å². The zero-order chi connectivity index (χ0) is 15.2. The van der Waals surface area contributed by atoms with Crippen LogP contribution in [0.2, 0.25) is 5.15 Å². The van der Waals surface area contributed by atoms with Gasteiger partial charge in [-0.3, -0.25) is 0 Å². The Morgan fingerprint density at radius 3 is 2.57 bits per heavy atom. The predicted molar refractivity (Wildman–Crippen MR) is 73.6 cm³/mol. The third kappa shape index (κ3) is 2.47. The van der Waals surface area contributed by atoms with Crippen LogP contribution in [-0.2, 0) is 6.18 Å². The highest BCUT2D eigenvalue weighted by molar-refractivity contribution is 6.29. The van der Waals surface area contributed by atoms with Crippen molar-refractivity contribution in [3.8, 4) is 5.69 Å². The third-order valence-corrected chi connectivity index (χ3v) is 3.39. The molecule has 1 aromatic carbocycles. The maximum absolute atomic E-state index is 12.8. The highest BCUT2D eigenvalue weighted by Gasteiger charge is 2.30. The molecule has 3 nitrogen and oxygen atoms in total. The summed E-state index contributed by atoms with van der Waals surface area (Å²) in [5.41, 5.74) is 0.927. The summed E-state index contributed by atoms with van der Waals surface area (Å²) in [6.07, 6.45) is -2.70. The molecule has 0 aliphatic carbocycles. The van der Waals surface area contributed by atoms with Gasteiger partial charge in [-0.15, -0.1) is 5.10 Å². The van der Waals surface area contributed by atoms with Crippen LogP contribution in [0.5, 0.6) is 0 Å². The molecule has 21 heavy (non-hydrogen) atoms. The smallest absolute Gasteiger partial charge is 0.315 e. The van der Waals surface area contributed by atoms with Crippen molar-refractivity contribution in [2.24, 2.45) is 0 Å². The summed E-state index contributed by atoms with van der Waals surface area (Å²) in [6, 6.07) is 6.94. The molecule has 0 radical (unpaired) electrons. The Balaban J connectivity index is 2.26. The minimum Gasteiger partial charge on any atom is -0.315 e. The molecule has 0 N–H and O–H groups in total. The second-order valence-electron chi connectivity index (χ2n) is 4.59. The summed E-state index contributed by atoms with van der Waals surface area (Å²) < 4.78 is 40.2. The Bertz CT molecular complexity index is 824. The predicted octanol–water partition coefficient (Wildman–Crippen LogP) is 4.40. The molecule has 0 aliphatic rings. The first-order chi connectivity index (χ1) is 9.86. The largest absolute Gasteiger partial charge is 0.416 e. The molecule has 0 bridgehead atoms. The molecule has 0 unspecified atom stereocenters. The fraction of sp³-hybridized carbons (Fsp3) is 0.143. The van der Waals surface area contributed by atoms with Gasteiger partial charge in [-0.1, -0.05) is 17.7 Å². The fourth-order valence-electron chi connectivity index (χ4n) is 2.18. The van der Waals surface area contributed by atoms with E-state index in [1.807, 2.05) is 0 Å². The van der Waals surface area contributed by atoms with Gasteiger partial charge in [0.05, 0.1) is 22.5 Å². The first-order valence-corrected chi connectivity index (χ1v) is 6.42. The quantitative estimate of drug-likeness (QED) is 0.667. The minimum atomic E-state index is -4.38. The van der Waals surface area contributed by atoms with Crippen molar-refractivity contribution in [3.63, 3.8) is 0 Å². The number of aromatic nitrogens is 3.